The molecule has 66 valence electrons. The first-order valence-electron chi connectivity index (χ1n) is 3.65. The molecule has 0 radical (unpaired) electrons. The van der Waals surface area contributed by atoms with Crippen molar-refractivity contribution in [1.82, 2.24) is 9.78 Å². The molecular formula is C8H11ClN2S. The number of rotatable bonds is 4. The highest BCUT2D eigenvalue weighted by Crippen LogP contribution is 2.15. The molecule has 0 aliphatic heterocycles. The second kappa shape index (κ2) is 5.27. The highest BCUT2D eigenvalue weighted by atomic mass is 35.5. The molecule has 2 nitrogen and oxygen atoms in total. The van der Waals surface area contributed by atoms with Crippen molar-refractivity contribution < 1.29 is 0 Å². The van der Waals surface area contributed by atoms with Gasteiger partial charge < -0.3 is 0 Å². The zero-order valence-corrected chi connectivity index (χ0v) is 8.48. The van der Waals surface area contributed by atoms with E-state index in [-0.39, 0.29) is 0 Å². The van der Waals surface area contributed by atoms with E-state index in [1.54, 1.807) is 16.4 Å². The second-order valence-corrected chi connectivity index (χ2v) is 3.69. The van der Waals surface area contributed by atoms with Crippen molar-refractivity contribution in [2.24, 2.45) is 7.05 Å². The summed E-state index contributed by atoms with van der Waals surface area (Å²) in [7, 11) is 1.92. The van der Waals surface area contributed by atoms with Gasteiger partial charge in [0.15, 0.2) is 0 Å². The zero-order chi connectivity index (χ0) is 8.81. The average Bonchev–Trinajstić information content (AvgIpc) is 2.45. The number of alkyl halides is 1. The number of allylic oxidation sites excluding steroid dienone is 1. The Morgan fingerprint density at radius 2 is 2.50 bits per heavy atom. The lowest BCUT2D eigenvalue weighted by Gasteiger charge is -1.89. The molecule has 0 aromatic carbocycles. The number of hydrogen-bond donors (Lipinski definition) is 0. The molecule has 1 aromatic heterocycles. The molecule has 0 amide bonds. The lowest BCUT2D eigenvalue weighted by atomic mass is 10.6. The summed E-state index contributed by atoms with van der Waals surface area (Å²) < 4.78 is 1.80. The largest absolute Gasteiger partial charge is 0.275 e. The predicted octanol–water partition coefficient (Wildman–Crippen LogP) is 2.31. The van der Waals surface area contributed by atoms with E-state index in [9.17, 15) is 0 Å². The normalized spacial score (nSPS) is 11.2. The Morgan fingerprint density at radius 1 is 1.67 bits per heavy atom. The van der Waals surface area contributed by atoms with Crippen molar-refractivity contribution in [2.45, 2.75) is 4.90 Å². The van der Waals surface area contributed by atoms with Gasteiger partial charge in [-0.2, -0.15) is 5.10 Å². The summed E-state index contributed by atoms with van der Waals surface area (Å²) in [6, 6.07) is 0. The van der Waals surface area contributed by atoms with Crippen molar-refractivity contribution in [3.05, 3.63) is 24.5 Å². The van der Waals surface area contributed by atoms with Gasteiger partial charge in [0, 0.05) is 29.8 Å². The van der Waals surface area contributed by atoms with Gasteiger partial charge in [-0.3, -0.25) is 4.68 Å². The fourth-order valence-electron chi connectivity index (χ4n) is 0.749. The first-order chi connectivity index (χ1) is 5.83. The van der Waals surface area contributed by atoms with E-state index >= 15 is 0 Å². The van der Waals surface area contributed by atoms with Crippen LogP contribution in [-0.4, -0.2) is 21.4 Å². The maximum atomic E-state index is 5.47. The van der Waals surface area contributed by atoms with Gasteiger partial charge in [0.2, 0.25) is 0 Å². The van der Waals surface area contributed by atoms with Crippen LogP contribution in [0.15, 0.2) is 29.4 Å². The SMILES string of the molecule is Cn1cc(SCC=CCCl)cn1. The van der Waals surface area contributed by atoms with E-state index in [1.165, 1.54) is 4.90 Å². The Kier molecular flexibility index (Phi) is 4.25. The van der Waals surface area contributed by atoms with Crippen molar-refractivity contribution in [2.75, 3.05) is 11.6 Å². The van der Waals surface area contributed by atoms with Crippen LogP contribution in [0.3, 0.4) is 0 Å². The summed E-state index contributed by atoms with van der Waals surface area (Å²) in [5.41, 5.74) is 0. The van der Waals surface area contributed by atoms with Gasteiger partial charge in [-0.25, -0.2) is 0 Å². The van der Waals surface area contributed by atoms with Crippen molar-refractivity contribution >= 4 is 23.4 Å². The zero-order valence-electron chi connectivity index (χ0n) is 6.90. The summed E-state index contributed by atoms with van der Waals surface area (Å²) in [5, 5.41) is 4.06. The van der Waals surface area contributed by atoms with Crippen LogP contribution in [0.5, 0.6) is 0 Å². The van der Waals surface area contributed by atoms with Gasteiger partial charge in [0.25, 0.3) is 0 Å². The van der Waals surface area contributed by atoms with Crippen LogP contribution in [0.25, 0.3) is 0 Å². The molecule has 1 rings (SSSR count). The molecule has 0 N–H and O–H groups in total. The third-order valence-corrected chi connectivity index (χ3v) is 2.36. The molecule has 0 saturated heterocycles. The molecule has 0 spiro atoms. The van der Waals surface area contributed by atoms with E-state index in [0.29, 0.717) is 5.88 Å². The lowest BCUT2D eigenvalue weighted by molar-refractivity contribution is 0.766. The maximum Gasteiger partial charge on any atom is 0.0625 e. The van der Waals surface area contributed by atoms with Crippen LogP contribution in [0, 0.1) is 0 Å². The highest BCUT2D eigenvalue weighted by molar-refractivity contribution is 7.99. The van der Waals surface area contributed by atoms with Crippen LogP contribution >= 0.6 is 23.4 Å². The van der Waals surface area contributed by atoms with Crippen LogP contribution in [0.4, 0.5) is 0 Å². The highest BCUT2D eigenvalue weighted by Gasteiger charge is 1.93. The standard InChI is InChI=1S/C8H11ClN2S/c1-11-7-8(6-10-11)12-5-3-2-4-9/h2-3,6-7H,4-5H2,1H3. The maximum absolute atomic E-state index is 5.47. The number of aryl methyl sites for hydroxylation is 1. The van der Waals surface area contributed by atoms with Crippen molar-refractivity contribution in [3.63, 3.8) is 0 Å². The van der Waals surface area contributed by atoms with E-state index in [4.69, 9.17) is 11.6 Å². The minimum Gasteiger partial charge on any atom is -0.275 e. The quantitative estimate of drug-likeness (QED) is 0.424. The fourth-order valence-corrected chi connectivity index (χ4v) is 1.65. The van der Waals surface area contributed by atoms with Gasteiger partial charge in [-0.05, 0) is 0 Å². The number of halogens is 1. The molecule has 1 heterocycles. The third kappa shape index (κ3) is 3.32. The smallest absolute Gasteiger partial charge is 0.0625 e. The van der Waals surface area contributed by atoms with E-state index in [0.717, 1.165) is 5.75 Å². The minimum absolute atomic E-state index is 0.591. The molecule has 0 unspecified atom stereocenters. The Bertz CT molecular complexity index is 257. The van der Waals surface area contributed by atoms with Gasteiger partial charge in [0.05, 0.1) is 6.20 Å². The van der Waals surface area contributed by atoms with Crippen molar-refractivity contribution in [3.8, 4) is 0 Å². The fraction of sp³-hybridized carbons (Fsp3) is 0.375. The monoisotopic (exact) mass is 202 g/mol. The number of hydrogen-bond acceptors (Lipinski definition) is 2. The lowest BCUT2D eigenvalue weighted by Crippen LogP contribution is -1.83. The molecule has 0 saturated carbocycles. The van der Waals surface area contributed by atoms with Crippen LogP contribution in [0.1, 0.15) is 0 Å². The van der Waals surface area contributed by atoms with Gasteiger partial charge in [-0.15, -0.1) is 23.4 Å². The van der Waals surface area contributed by atoms with E-state index in [2.05, 4.69) is 11.2 Å². The van der Waals surface area contributed by atoms with Crippen LogP contribution < -0.4 is 0 Å². The number of aromatic nitrogens is 2. The number of thioether (sulfide) groups is 1. The molecule has 12 heavy (non-hydrogen) atoms. The molecule has 0 fully saturated rings. The Morgan fingerprint density at radius 3 is 3.08 bits per heavy atom. The molecule has 1 aromatic rings. The van der Waals surface area contributed by atoms with Gasteiger partial charge in [-0.1, -0.05) is 12.2 Å². The van der Waals surface area contributed by atoms with Crippen molar-refractivity contribution in [1.29, 1.82) is 0 Å². The van der Waals surface area contributed by atoms with Crippen LogP contribution in [-0.2, 0) is 7.05 Å². The van der Waals surface area contributed by atoms with E-state index in [1.807, 2.05) is 25.5 Å². The Labute approximate surface area is 81.6 Å². The summed E-state index contributed by atoms with van der Waals surface area (Å²) in [4.78, 5) is 1.19. The predicted molar refractivity (Wildman–Crippen MR) is 53.8 cm³/mol. The molecule has 4 heteroatoms. The first kappa shape index (κ1) is 9.68. The molecule has 0 atom stereocenters. The number of nitrogens with zero attached hydrogens (tertiary/aromatic N) is 2. The van der Waals surface area contributed by atoms with E-state index < -0.39 is 0 Å². The summed E-state index contributed by atoms with van der Waals surface area (Å²) >= 11 is 7.23. The topological polar surface area (TPSA) is 17.8 Å². The summed E-state index contributed by atoms with van der Waals surface area (Å²) in [6.45, 7) is 0. The van der Waals surface area contributed by atoms with Crippen LogP contribution in [0.2, 0.25) is 0 Å². The average molecular weight is 203 g/mol. The Hall–Kier alpha value is -0.410. The summed E-state index contributed by atoms with van der Waals surface area (Å²) in [6.07, 6.45) is 7.87. The van der Waals surface area contributed by atoms with Gasteiger partial charge in [0.1, 0.15) is 0 Å². The first-order valence-corrected chi connectivity index (χ1v) is 5.17. The summed E-state index contributed by atoms with van der Waals surface area (Å²) in [5.74, 6) is 1.55. The molecular weight excluding hydrogens is 192 g/mol. The molecule has 0 aliphatic rings. The molecule has 0 bridgehead atoms. The minimum atomic E-state index is 0.591. The Balaban J connectivity index is 2.28. The third-order valence-electron chi connectivity index (χ3n) is 1.28. The molecule has 0 aliphatic carbocycles. The second-order valence-electron chi connectivity index (χ2n) is 2.29. The van der Waals surface area contributed by atoms with Gasteiger partial charge >= 0.3 is 0 Å².